The Labute approximate surface area is 135 Å². The fourth-order valence-corrected chi connectivity index (χ4v) is 3.30. The van der Waals surface area contributed by atoms with E-state index in [0.29, 0.717) is 11.7 Å². The van der Waals surface area contributed by atoms with Gasteiger partial charge in [0.05, 0.1) is 18.7 Å². The number of nitrogens with one attached hydrogen (secondary N) is 1. The van der Waals surface area contributed by atoms with Crippen molar-refractivity contribution in [1.29, 1.82) is 0 Å². The number of rotatable bonds is 5. The van der Waals surface area contributed by atoms with Crippen LogP contribution in [0, 0.1) is 5.92 Å². The maximum Gasteiger partial charge on any atom is 0.327 e. The minimum Gasteiger partial charge on any atom is -0.468 e. The number of ether oxygens (including phenoxy) is 1. The molecule has 0 saturated heterocycles. The number of hydrogen-bond acceptors (Lipinski definition) is 6. The second-order valence-electron chi connectivity index (χ2n) is 6.12. The third-order valence-electron chi connectivity index (χ3n) is 4.64. The third-order valence-corrected chi connectivity index (χ3v) is 4.64. The van der Waals surface area contributed by atoms with E-state index in [1.54, 1.807) is 10.9 Å². The topological polar surface area (TPSA) is 81.9 Å². The molecule has 1 saturated carbocycles. The molecule has 7 heteroatoms. The highest BCUT2D eigenvalue weighted by Crippen LogP contribution is 2.29. The standard InChI is InChI=1S/C16H23N5O2/c1-3-11-5-4-6-12(7-11)20-15-13-8-19-21(9-14(22)23-2)16(13)18-10-17-15/h8,10-12H,3-7,9H2,1-2H3,(H,17,18,20). The molecular weight excluding hydrogens is 294 g/mol. The zero-order valence-electron chi connectivity index (χ0n) is 13.7. The Hall–Kier alpha value is -2.18. The zero-order chi connectivity index (χ0) is 16.2. The molecule has 2 aromatic rings. The van der Waals surface area contributed by atoms with Crippen LogP contribution in [0.3, 0.4) is 0 Å². The van der Waals surface area contributed by atoms with E-state index >= 15 is 0 Å². The Morgan fingerprint density at radius 1 is 1.43 bits per heavy atom. The van der Waals surface area contributed by atoms with Gasteiger partial charge in [-0.1, -0.05) is 26.2 Å². The summed E-state index contributed by atoms with van der Waals surface area (Å²) in [4.78, 5) is 20.1. The van der Waals surface area contributed by atoms with Crippen molar-refractivity contribution in [2.45, 2.75) is 51.6 Å². The number of fused-ring (bicyclic) bond motifs is 1. The summed E-state index contributed by atoms with van der Waals surface area (Å²) in [7, 11) is 1.36. The van der Waals surface area contributed by atoms with Crippen LogP contribution in [0.15, 0.2) is 12.5 Å². The number of nitrogens with zero attached hydrogens (tertiary/aromatic N) is 4. The van der Waals surface area contributed by atoms with E-state index in [1.807, 2.05) is 0 Å². The van der Waals surface area contributed by atoms with E-state index in [4.69, 9.17) is 0 Å². The molecular formula is C16H23N5O2. The number of carbonyl (C=O) groups excluding carboxylic acids is 1. The van der Waals surface area contributed by atoms with Crippen LogP contribution < -0.4 is 5.32 Å². The molecule has 0 aliphatic heterocycles. The van der Waals surface area contributed by atoms with Crippen LogP contribution in [-0.4, -0.2) is 38.9 Å². The molecule has 1 fully saturated rings. The molecule has 124 valence electrons. The fraction of sp³-hybridized carbons (Fsp3) is 0.625. The monoisotopic (exact) mass is 317 g/mol. The Bertz CT molecular complexity index is 684. The normalized spacial score (nSPS) is 21.3. The van der Waals surface area contributed by atoms with Crippen molar-refractivity contribution in [3.63, 3.8) is 0 Å². The van der Waals surface area contributed by atoms with Gasteiger partial charge < -0.3 is 10.1 Å². The maximum absolute atomic E-state index is 11.5. The summed E-state index contributed by atoms with van der Waals surface area (Å²) in [6, 6.07) is 0.441. The van der Waals surface area contributed by atoms with Gasteiger partial charge in [0.15, 0.2) is 5.65 Å². The van der Waals surface area contributed by atoms with Crippen molar-refractivity contribution >= 4 is 22.8 Å². The Kier molecular flexibility index (Phi) is 4.73. The largest absolute Gasteiger partial charge is 0.468 e. The lowest BCUT2D eigenvalue weighted by Crippen LogP contribution is -2.27. The van der Waals surface area contributed by atoms with Crippen molar-refractivity contribution < 1.29 is 9.53 Å². The Morgan fingerprint density at radius 2 is 2.30 bits per heavy atom. The van der Waals surface area contributed by atoms with Crippen LogP contribution in [0.4, 0.5) is 5.82 Å². The van der Waals surface area contributed by atoms with Gasteiger partial charge in [0, 0.05) is 6.04 Å². The van der Waals surface area contributed by atoms with Crippen LogP contribution >= 0.6 is 0 Å². The van der Waals surface area contributed by atoms with Crippen molar-refractivity contribution in [2.24, 2.45) is 5.92 Å². The number of hydrogen-bond donors (Lipinski definition) is 1. The van der Waals surface area contributed by atoms with Gasteiger partial charge in [-0.2, -0.15) is 5.10 Å². The first kappa shape index (κ1) is 15.7. The SMILES string of the molecule is CCC1CCCC(Nc2ncnc3c2cnn3CC(=O)OC)C1. The lowest BCUT2D eigenvalue weighted by molar-refractivity contribution is -0.141. The van der Waals surface area contributed by atoms with E-state index < -0.39 is 0 Å². The highest BCUT2D eigenvalue weighted by atomic mass is 16.5. The number of carbonyl (C=O) groups is 1. The minimum atomic E-state index is -0.346. The first-order valence-corrected chi connectivity index (χ1v) is 8.21. The molecule has 23 heavy (non-hydrogen) atoms. The van der Waals surface area contributed by atoms with Gasteiger partial charge in [-0.25, -0.2) is 14.6 Å². The summed E-state index contributed by atoms with van der Waals surface area (Å²) in [6.07, 6.45) is 9.38. The van der Waals surface area contributed by atoms with Gasteiger partial charge in [-0.05, 0) is 18.8 Å². The van der Waals surface area contributed by atoms with Gasteiger partial charge >= 0.3 is 5.97 Å². The van der Waals surface area contributed by atoms with Gasteiger partial charge in [0.25, 0.3) is 0 Å². The zero-order valence-corrected chi connectivity index (χ0v) is 13.7. The Morgan fingerprint density at radius 3 is 3.09 bits per heavy atom. The van der Waals surface area contributed by atoms with Crippen LogP contribution in [0.2, 0.25) is 0 Å². The molecule has 0 spiro atoms. The summed E-state index contributed by atoms with van der Waals surface area (Å²) in [6.45, 7) is 2.31. The molecule has 1 N–H and O–H groups in total. The lowest BCUT2D eigenvalue weighted by Gasteiger charge is -2.29. The lowest BCUT2D eigenvalue weighted by atomic mass is 9.84. The quantitative estimate of drug-likeness (QED) is 0.853. The maximum atomic E-state index is 11.5. The predicted octanol–water partition coefficient (Wildman–Crippen LogP) is 2.38. The average molecular weight is 317 g/mol. The van der Waals surface area contributed by atoms with E-state index in [2.05, 4.69) is 32.0 Å². The Balaban J connectivity index is 1.80. The fourth-order valence-electron chi connectivity index (χ4n) is 3.30. The highest BCUT2D eigenvalue weighted by Gasteiger charge is 2.22. The minimum absolute atomic E-state index is 0.0534. The molecule has 1 aliphatic rings. The number of methoxy groups -OCH3 is 1. The van der Waals surface area contributed by atoms with Crippen LogP contribution in [-0.2, 0) is 16.1 Å². The van der Waals surface area contributed by atoms with Gasteiger partial charge in [0.2, 0.25) is 0 Å². The van der Waals surface area contributed by atoms with Crippen LogP contribution in [0.5, 0.6) is 0 Å². The molecule has 0 aromatic carbocycles. The van der Waals surface area contributed by atoms with E-state index in [9.17, 15) is 4.79 Å². The van der Waals surface area contributed by atoms with Crippen LogP contribution in [0.25, 0.3) is 11.0 Å². The van der Waals surface area contributed by atoms with Crippen molar-refractivity contribution in [3.05, 3.63) is 12.5 Å². The van der Waals surface area contributed by atoms with Crippen molar-refractivity contribution in [3.8, 4) is 0 Å². The average Bonchev–Trinajstić information content (AvgIpc) is 2.99. The summed E-state index contributed by atoms with van der Waals surface area (Å²) >= 11 is 0. The van der Waals surface area contributed by atoms with Gasteiger partial charge in [-0.3, -0.25) is 4.79 Å². The van der Waals surface area contributed by atoms with Crippen molar-refractivity contribution in [2.75, 3.05) is 12.4 Å². The van der Waals surface area contributed by atoms with Crippen LogP contribution in [0.1, 0.15) is 39.0 Å². The van der Waals surface area contributed by atoms with E-state index in [-0.39, 0.29) is 12.5 Å². The molecule has 0 bridgehead atoms. The first-order chi connectivity index (χ1) is 11.2. The number of esters is 1. The second-order valence-corrected chi connectivity index (χ2v) is 6.12. The van der Waals surface area contributed by atoms with Gasteiger partial charge in [-0.15, -0.1) is 0 Å². The molecule has 2 atom stereocenters. The smallest absolute Gasteiger partial charge is 0.327 e. The predicted molar refractivity (Wildman–Crippen MR) is 87.0 cm³/mol. The summed E-state index contributed by atoms with van der Waals surface area (Å²) < 4.78 is 6.23. The second kappa shape index (κ2) is 6.93. The molecule has 0 radical (unpaired) electrons. The molecule has 2 aromatic heterocycles. The molecule has 0 amide bonds. The summed E-state index contributed by atoms with van der Waals surface area (Å²) in [5.41, 5.74) is 0.649. The third kappa shape index (κ3) is 3.43. The molecule has 2 heterocycles. The van der Waals surface area contributed by atoms with E-state index in [1.165, 1.54) is 39.1 Å². The highest BCUT2D eigenvalue weighted by molar-refractivity contribution is 5.87. The molecule has 2 unspecified atom stereocenters. The molecule has 3 rings (SSSR count). The van der Waals surface area contributed by atoms with E-state index in [0.717, 1.165) is 23.5 Å². The molecule has 1 aliphatic carbocycles. The summed E-state index contributed by atoms with van der Waals surface area (Å²) in [5.74, 6) is 1.25. The van der Waals surface area contributed by atoms with Gasteiger partial charge in [0.1, 0.15) is 18.7 Å². The number of aromatic nitrogens is 4. The molecule has 7 nitrogen and oxygen atoms in total. The first-order valence-electron chi connectivity index (χ1n) is 8.21. The van der Waals surface area contributed by atoms with Crippen molar-refractivity contribution in [1.82, 2.24) is 19.7 Å². The summed E-state index contributed by atoms with van der Waals surface area (Å²) in [5, 5.41) is 8.63. The number of anilines is 1.